The second-order valence-electron chi connectivity index (χ2n) is 4.20. The van der Waals surface area contributed by atoms with Crippen LogP contribution in [0.2, 0.25) is 0 Å². The van der Waals surface area contributed by atoms with Crippen molar-refractivity contribution in [1.29, 1.82) is 0 Å². The van der Waals surface area contributed by atoms with Crippen LogP contribution >= 0.6 is 0 Å². The van der Waals surface area contributed by atoms with Gasteiger partial charge in [-0.05, 0) is 6.07 Å². The molecular weight excluding hydrogens is 270 g/mol. The Bertz CT molecular complexity index is 500. The molecule has 0 aliphatic heterocycles. The summed E-state index contributed by atoms with van der Waals surface area (Å²) in [6.45, 7) is 2.14. The van der Waals surface area contributed by atoms with E-state index in [2.05, 4.69) is 16.8 Å². The van der Waals surface area contributed by atoms with Crippen molar-refractivity contribution in [3.8, 4) is 11.8 Å². The standard InChI is InChI=1S/C15H21N3O3/c1-20-10-8-18(9-11-21-2)15(19)14-5-7-17-12-13(14)4-3-6-16/h5,7,12H,6,8-11,16H2,1-2H3. The second-order valence-corrected chi connectivity index (χ2v) is 4.20. The molecule has 2 N–H and O–H groups in total. The van der Waals surface area contributed by atoms with E-state index < -0.39 is 0 Å². The molecule has 0 spiro atoms. The first-order valence-corrected chi connectivity index (χ1v) is 6.64. The Morgan fingerprint density at radius 3 is 2.57 bits per heavy atom. The monoisotopic (exact) mass is 291 g/mol. The van der Waals surface area contributed by atoms with E-state index in [9.17, 15) is 4.79 Å². The van der Waals surface area contributed by atoms with Crippen LogP contribution in [0.4, 0.5) is 0 Å². The molecular formula is C15H21N3O3. The van der Waals surface area contributed by atoms with Gasteiger partial charge in [0.2, 0.25) is 0 Å². The number of aromatic nitrogens is 1. The highest BCUT2D eigenvalue weighted by Gasteiger charge is 2.18. The van der Waals surface area contributed by atoms with Gasteiger partial charge in [-0.3, -0.25) is 9.78 Å². The number of hydrogen-bond donors (Lipinski definition) is 1. The van der Waals surface area contributed by atoms with Gasteiger partial charge in [0.1, 0.15) is 0 Å². The highest BCUT2D eigenvalue weighted by Crippen LogP contribution is 2.09. The zero-order chi connectivity index (χ0) is 15.5. The van der Waals surface area contributed by atoms with Crippen LogP contribution in [0.15, 0.2) is 18.5 Å². The van der Waals surface area contributed by atoms with Crippen LogP contribution in [0.5, 0.6) is 0 Å². The van der Waals surface area contributed by atoms with Crippen molar-refractivity contribution in [3.63, 3.8) is 0 Å². The fourth-order valence-corrected chi connectivity index (χ4v) is 1.72. The zero-order valence-corrected chi connectivity index (χ0v) is 12.5. The maximum Gasteiger partial charge on any atom is 0.255 e. The van der Waals surface area contributed by atoms with Gasteiger partial charge in [-0.1, -0.05) is 11.8 Å². The third-order valence-electron chi connectivity index (χ3n) is 2.79. The predicted molar refractivity (Wildman–Crippen MR) is 79.8 cm³/mol. The number of carbonyl (C=O) groups is 1. The fraction of sp³-hybridized carbons (Fsp3) is 0.467. The van der Waals surface area contributed by atoms with Crippen LogP contribution in [0.25, 0.3) is 0 Å². The van der Waals surface area contributed by atoms with Gasteiger partial charge in [0.25, 0.3) is 5.91 Å². The lowest BCUT2D eigenvalue weighted by Crippen LogP contribution is -2.36. The maximum absolute atomic E-state index is 12.6. The van der Waals surface area contributed by atoms with Crippen LogP contribution in [0.3, 0.4) is 0 Å². The Morgan fingerprint density at radius 1 is 1.33 bits per heavy atom. The Hall–Kier alpha value is -1.94. The molecule has 1 heterocycles. The first kappa shape index (κ1) is 17.1. The van der Waals surface area contributed by atoms with Gasteiger partial charge in [-0.15, -0.1) is 0 Å². The number of nitrogens with two attached hydrogens (primary N) is 1. The molecule has 0 saturated heterocycles. The molecule has 0 radical (unpaired) electrons. The summed E-state index contributed by atoms with van der Waals surface area (Å²) in [4.78, 5) is 18.3. The van der Waals surface area contributed by atoms with Gasteiger partial charge in [-0.2, -0.15) is 0 Å². The topological polar surface area (TPSA) is 77.7 Å². The quantitative estimate of drug-likeness (QED) is 0.722. The van der Waals surface area contributed by atoms with Gasteiger partial charge < -0.3 is 20.1 Å². The normalized spacial score (nSPS) is 9.86. The van der Waals surface area contributed by atoms with E-state index in [1.165, 1.54) is 0 Å². The molecule has 6 nitrogen and oxygen atoms in total. The number of rotatable bonds is 7. The third-order valence-corrected chi connectivity index (χ3v) is 2.79. The van der Waals surface area contributed by atoms with E-state index in [1.54, 1.807) is 37.6 Å². The molecule has 0 fully saturated rings. The molecule has 1 rings (SSSR count). The third kappa shape index (κ3) is 5.52. The van der Waals surface area contributed by atoms with Crippen molar-refractivity contribution in [2.45, 2.75) is 0 Å². The average Bonchev–Trinajstić information content (AvgIpc) is 2.52. The number of amides is 1. The molecule has 1 aromatic heterocycles. The van der Waals surface area contributed by atoms with E-state index in [4.69, 9.17) is 15.2 Å². The van der Waals surface area contributed by atoms with E-state index in [0.29, 0.717) is 37.4 Å². The Morgan fingerprint density at radius 2 is 2.00 bits per heavy atom. The van der Waals surface area contributed by atoms with Crippen LogP contribution in [0.1, 0.15) is 15.9 Å². The summed E-state index contributed by atoms with van der Waals surface area (Å²) in [5.41, 5.74) is 6.46. The molecule has 114 valence electrons. The van der Waals surface area contributed by atoms with Crippen LogP contribution in [-0.2, 0) is 9.47 Å². The van der Waals surface area contributed by atoms with E-state index in [0.717, 1.165) is 0 Å². The molecule has 0 saturated carbocycles. The summed E-state index contributed by atoms with van der Waals surface area (Å²) in [5.74, 6) is 5.50. The van der Waals surface area contributed by atoms with Gasteiger partial charge in [0.05, 0.1) is 30.9 Å². The molecule has 0 bridgehead atoms. The summed E-state index contributed by atoms with van der Waals surface area (Å²) >= 11 is 0. The lowest BCUT2D eigenvalue weighted by Gasteiger charge is -2.22. The minimum absolute atomic E-state index is 0.118. The molecule has 21 heavy (non-hydrogen) atoms. The smallest absolute Gasteiger partial charge is 0.255 e. The predicted octanol–water partition coefficient (Wildman–Crippen LogP) is 0.127. The van der Waals surface area contributed by atoms with Crippen molar-refractivity contribution in [3.05, 3.63) is 29.6 Å². The molecule has 0 atom stereocenters. The van der Waals surface area contributed by atoms with Gasteiger partial charge in [0.15, 0.2) is 0 Å². The summed E-state index contributed by atoms with van der Waals surface area (Å²) in [6.07, 6.45) is 3.15. The lowest BCUT2D eigenvalue weighted by atomic mass is 10.1. The van der Waals surface area contributed by atoms with Crippen LogP contribution in [0, 0.1) is 11.8 Å². The highest BCUT2D eigenvalue weighted by molar-refractivity contribution is 5.96. The molecule has 6 heteroatoms. The highest BCUT2D eigenvalue weighted by atomic mass is 16.5. The Labute approximate surface area is 125 Å². The fourth-order valence-electron chi connectivity index (χ4n) is 1.72. The Kier molecular flexibility index (Phi) is 8.05. The second kappa shape index (κ2) is 9.88. The minimum Gasteiger partial charge on any atom is -0.383 e. The summed E-state index contributed by atoms with van der Waals surface area (Å²) in [5, 5.41) is 0. The van der Waals surface area contributed by atoms with Crippen molar-refractivity contribution in [1.82, 2.24) is 9.88 Å². The first-order valence-electron chi connectivity index (χ1n) is 6.64. The van der Waals surface area contributed by atoms with E-state index >= 15 is 0 Å². The van der Waals surface area contributed by atoms with Crippen molar-refractivity contribution < 1.29 is 14.3 Å². The number of nitrogens with zero attached hydrogens (tertiary/aromatic N) is 2. The van der Waals surface area contributed by atoms with Gasteiger partial charge >= 0.3 is 0 Å². The molecule has 0 aliphatic rings. The van der Waals surface area contributed by atoms with Crippen LogP contribution < -0.4 is 5.73 Å². The molecule has 0 aromatic carbocycles. The van der Waals surface area contributed by atoms with Crippen molar-refractivity contribution >= 4 is 5.91 Å². The van der Waals surface area contributed by atoms with Crippen LogP contribution in [-0.4, -0.2) is 62.9 Å². The van der Waals surface area contributed by atoms with Crippen molar-refractivity contribution in [2.24, 2.45) is 5.73 Å². The van der Waals surface area contributed by atoms with E-state index in [-0.39, 0.29) is 12.5 Å². The molecule has 1 amide bonds. The maximum atomic E-state index is 12.6. The van der Waals surface area contributed by atoms with Crippen molar-refractivity contribution in [2.75, 3.05) is 47.1 Å². The minimum atomic E-state index is -0.118. The van der Waals surface area contributed by atoms with Gasteiger partial charge in [-0.25, -0.2) is 0 Å². The summed E-state index contributed by atoms with van der Waals surface area (Å²) in [7, 11) is 3.20. The molecule has 1 aromatic rings. The lowest BCUT2D eigenvalue weighted by molar-refractivity contribution is 0.0627. The summed E-state index contributed by atoms with van der Waals surface area (Å²) < 4.78 is 10.1. The number of hydrogen-bond acceptors (Lipinski definition) is 5. The van der Waals surface area contributed by atoms with E-state index in [1.807, 2.05) is 0 Å². The first-order chi connectivity index (χ1) is 10.2. The number of ether oxygens (including phenoxy) is 2. The SMILES string of the molecule is COCCN(CCOC)C(=O)c1ccncc1C#CCN. The Balaban J connectivity index is 2.96. The summed E-state index contributed by atoms with van der Waals surface area (Å²) in [6, 6.07) is 1.66. The molecule has 0 aliphatic carbocycles. The zero-order valence-electron chi connectivity index (χ0n) is 12.5. The number of methoxy groups -OCH3 is 2. The number of carbonyl (C=O) groups excluding carboxylic acids is 1. The molecule has 0 unspecified atom stereocenters. The average molecular weight is 291 g/mol. The number of pyridine rings is 1. The largest absolute Gasteiger partial charge is 0.383 e. The van der Waals surface area contributed by atoms with Gasteiger partial charge in [0, 0.05) is 39.7 Å².